The second-order valence-corrected chi connectivity index (χ2v) is 3.98. The van der Waals surface area contributed by atoms with Crippen LogP contribution in [0.5, 0.6) is 0 Å². The van der Waals surface area contributed by atoms with E-state index in [1.807, 2.05) is 0 Å². The van der Waals surface area contributed by atoms with E-state index in [1.54, 1.807) is 0 Å². The van der Waals surface area contributed by atoms with Crippen molar-refractivity contribution in [1.82, 2.24) is 9.55 Å². The number of ether oxygens (including phenoxy) is 1. The Hall–Kier alpha value is -2.57. The van der Waals surface area contributed by atoms with Gasteiger partial charge in [-0.3, -0.25) is 9.36 Å². The summed E-state index contributed by atoms with van der Waals surface area (Å²) in [6.07, 6.45) is 2.30. The molecule has 0 bridgehead atoms. The van der Waals surface area contributed by atoms with Crippen molar-refractivity contribution in [2.75, 3.05) is 7.11 Å². The standard InChI is InChI=1S/C13H10F2N2O3/c1-20-13(19)9-5-16-7-17(12(9)18)6-8-2-3-10(14)11(15)4-8/h2-5,7H,6H2,1H3. The highest BCUT2D eigenvalue weighted by Crippen LogP contribution is 2.09. The summed E-state index contributed by atoms with van der Waals surface area (Å²) in [7, 11) is 1.15. The molecule has 0 spiro atoms. The van der Waals surface area contributed by atoms with Crippen LogP contribution in [0.1, 0.15) is 15.9 Å². The van der Waals surface area contributed by atoms with E-state index >= 15 is 0 Å². The zero-order valence-electron chi connectivity index (χ0n) is 10.5. The Kier molecular flexibility index (Phi) is 3.88. The van der Waals surface area contributed by atoms with Crippen LogP contribution in [0.2, 0.25) is 0 Å². The summed E-state index contributed by atoms with van der Waals surface area (Å²) in [5.74, 6) is -2.78. The lowest BCUT2D eigenvalue weighted by Crippen LogP contribution is -2.27. The molecule has 0 fully saturated rings. The Morgan fingerprint density at radius 1 is 1.35 bits per heavy atom. The fourth-order valence-corrected chi connectivity index (χ4v) is 1.65. The zero-order chi connectivity index (χ0) is 14.7. The quantitative estimate of drug-likeness (QED) is 0.796. The normalized spacial score (nSPS) is 10.3. The third-order valence-corrected chi connectivity index (χ3v) is 2.64. The molecule has 0 unspecified atom stereocenters. The molecular weight excluding hydrogens is 270 g/mol. The van der Waals surface area contributed by atoms with Gasteiger partial charge >= 0.3 is 5.97 Å². The summed E-state index contributed by atoms with van der Waals surface area (Å²) in [4.78, 5) is 27.1. The van der Waals surface area contributed by atoms with Crippen molar-refractivity contribution in [2.24, 2.45) is 0 Å². The number of methoxy groups -OCH3 is 1. The molecule has 7 heteroatoms. The number of esters is 1. The van der Waals surface area contributed by atoms with Crippen LogP contribution < -0.4 is 5.56 Å². The van der Waals surface area contributed by atoms with Crippen LogP contribution in [0.3, 0.4) is 0 Å². The first-order chi connectivity index (χ1) is 9.52. The van der Waals surface area contributed by atoms with Crippen LogP contribution in [0.15, 0.2) is 35.5 Å². The van der Waals surface area contributed by atoms with E-state index in [-0.39, 0.29) is 12.1 Å². The van der Waals surface area contributed by atoms with E-state index in [1.165, 1.54) is 12.4 Å². The molecule has 0 N–H and O–H groups in total. The highest BCUT2D eigenvalue weighted by molar-refractivity contribution is 5.88. The first-order valence-electron chi connectivity index (χ1n) is 5.59. The maximum absolute atomic E-state index is 13.1. The average Bonchev–Trinajstić information content (AvgIpc) is 2.44. The maximum Gasteiger partial charge on any atom is 0.345 e. The summed E-state index contributed by atoms with van der Waals surface area (Å²) >= 11 is 0. The van der Waals surface area contributed by atoms with E-state index in [0.717, 1.165) is 30.0 Å². The molecular formula is C13H10F2N2O3. The summed E-state index contributed by atoms with van der Waals surface area (Å²) in [6, 6.07) is 3.29. The van der Waals surface area contributed by atoms with Gasteiger partial charge in [0.05, 0.1) is 20.0 Å². The van der Waals surface area contributed by atoms with Gasteiger partial charge in [0.1, 0.15) is 5.56 Å². The van der Waals surface area contributed by atoms with Crippen molar-refractivity contribution >= 4 is 5.97 Å². The first kappa shape index (κ1) is 13.9. The SMILES string of the molecule is COC(=O)c1cncn(Cc2ccc(F)c(F)c2)c1=O. The predicted molar refractivity (Wildman–Crippen MR) is 65.3 cm³/mol. The molecule has 20 heavy (non-hydrogen) atoms. The molecule has 0 radical (unpaired) electrons. The summed E-state index contributed by atoms with van der Waals surface area (Å²) < 4.78 is 31.5. The van der Waals surface area contributed by atoms with Gasteiger partial charge in [0.15, 0.2) is 11.6 Å². The monoisotopic (exact) mass is 280 g/mol. The molecule has 0 atom stereocenters. The van der Waals surface area contributed by atoms with E-state index in [2.05, 4.69) is 9.72 Å². The first-order valence-corrected chi connectivity index (χ1v) is 5.59. The lowest BCUT2D eigenvalue weighted by Gasteiger charge is -2.07. The summed E-state index contributed by atoms with van der Waals surface area (Å²) in [5, 5.41) is 0. The second kappa shape index (κ2) is 5.60. The molecule has 0 saturated heterocycles. The number of benzene rings is 1. The number of rotatable bonds is 3. The number of hydrogen-bond acceptors (Lipinski definition) is 4. The minimum absolute atomic E-state index is 0.0339. The van der Waals surface area contributed by atoms with Crippen molar-refractivity contribution in [2.45, 2.75) is 6.54 Å². The van der Waals surface area contributed by atoms with E-state index < -0.39 is 23.2 Å². The van der Waals surface area contributed by atoms with E-state index in [4.69, 9.17) is 0 Å². The van der Waals surface area contributed by atoms with Gasteiger partial charge in [-0.15, -0.1) is 0 Å². The average molecular weight is 280 g/mol. The Morgan fingerprint density at radius 3 is 2.75 bits per heavy atom. The van der Waals surface area contributed by atoms with Crippen molar-refractivity contribution in [3.05, 3.63) is 63.8 Å². The fourth-order valence-electron chi connectivity index (χ4n) is 1.65. The van der Waals surface area contributed by atoms with Crippen LogP contribution in [0.25, 0.3) is 0 Å². The van der Waals surface area contributed by atoms with Crippen molar-refractivity contribution in [3.8, 4) is 0 Å². The highest BCUT2D eigenvalue weighted by atomic mass is 19.2. The molecule has 0 aliphatic heterocycles. The Bertz CT molecular complexity index is 713. The molecule has 5 nitrogen and oxygen atoms in total. The van der Waals surface area contributed by atoms with E-state index in [0.29, 0.717) is 5.56 Å². The number of nitrogens with zero attached hydrogens (tertiary/aromatic N) is 2. The molecule has 0 aliphatic carbocycles. The van der Waals surface area contributed by atoms with Gasteiger partial charge in [-0.1, -0.05) is 6.07 Å². The van der Waals surface area contributed by atoms with Gasteiger partial charge in [-0.2, -0.15) is 0 Å². The molecule has 1 aromatic heterocycles. The number of halogens is 2. The van der Waals surface area contributed by atoms with Gasteiger partial charge in [-0.05, 0) is 17.7 Å². The van der Waals surface area contributed by atoms with Crippen molar-refractivity contribution in [3.63, 3.8) is 0 Å². The largest absolute Gasteiger partial charge is 0.465 e. The lowest BCUT2D eigenvalue weighted by molar-refractivity contribution is 0.0597. The van der Waals surface area contributed by atoms with Gasteiger partial charge in [-0.25, -0.2) is 18.6 Å². The summed E-state index contributed by atoms with van der Waals surface area (Å²) in [6.45, 7) is -0.0339. The van der Waals surface area contributed by atoms with Crippen LogP contribution in [0, 0.1) is 11.6 Å². The van der Waals surface area contributed by atoms with Crippen LogP contribution in [-0.2, 0) is 11.3 Å². The van der Waals surface area contributed by atoms with Gasteiger partial charge in [0, 0.05) is 6.20 Å². The predicted octanol–water partition coefficient (Wildman–Crippen LogP) is 1.36. The smallest absolute Gasteiger partial charge is 0.345 e. The zero-order valence-corrected chi connectivity index (χ0v) is 10.5. The number of hydrogen-bond donors (Lipinski definition) is 0. The van der Waals surface area contributed by atoms with Crippen molar-refractivity contribution < 1.29 is 18.3 Å². The molecule has 2 aromatic rings. The van der Waals surface area contributed by atoms with Crippen LogP contribution in [0.4, 0.5) is 8.78 Å². The number of aromatic nitrogens is 2. The van der Waals surface area contributed by atoms with Gasteiger partial charge in [0.25, 0.3) is 5.56 Å². The lowest BCUT2D eigenvalue weighted by atomic mass is 10.2. The highest BCUT2D eigenvalue weighted by Gasteiger charge is 2.13. The van der Waals surface area contributed by atoms with Crippen LogP contribution >= 0.6 is 0 Å². The Morgan fingerprint density at radius 2 is 2.10 bits per heavy atom. The van der Waals surface area contributed by atoms with Gasteiger partial charge in [0.2, 0.25) is 0 Å². The second-order valence-electron chi connectivity index (χ2n) is 3.98. The molecule has 1 heterocycles. The molecule has 0 aliphatic rings. The van der Waals surface area contributed by atoms with Crippen molar-refractivity contribution in [1.29, 1.82) is 0 Å². The molecule has 0 amide bonds. The minimum Gasteiger partial charge on any atom is -0.465 e. The summed E-state index contributed by atoms with van der Waals surface area (Å²) in [5.41, 5.74) is -0.469. The van der Waals surface area contributed by atoms with Crippen LogP contribution in [-0.4, -0.2) is 22.6 Å². The fraction of sp³-hybridized carbons (Fsp3) is 0.154. The molecule has 104 valence electrons. The van der Waals surface area contributed by atoms with Gasteiger partial charge < -0.3 is 4.74 Å². The number of carbonyl (C=O) groups is 1. The third kappa shape index (κ3) is 2.71. The Balaban J connectivity index is 2.37. The topological polar surface area (TPSA) is 61.2 Å². The maximum atomic E-state index is 13.1. The van der Waals surface area contributed by atoms with E-state index in [9.17, 15) is 18.4 Å². The third-order valence-electron chi connectivity index (χ3n) is 2.64. The minimum atomic E-state index is -1.01. The Labute approximate surface area is 112 Å². The number of carbonyl (C=O) groups excluding carboxylic acids is 1. The molecule has 2 rings (SSSR count). The molecule has 1 aromatic carbocycles. The molecule has 0 saturated carbocycles.